The van der Waals surface area contributed by atoms with Gasteiger partial charge in [-0.2, -0.15) is 0 Å². The van der Waals surface area contributed by atoms with Gasteiger partial charge < -0.3 is 10.4 Å². The van der Waals surface area contributed by atoms with Gasteiger partial charge in [0.2, 0.25) is 0 Å². The van der Waals surface area contributed by atoms with Crippen LogP contribution in [0, 0.1) is 13.8 Å². The first-order valence-electron chi connectivity index (χ1n) is 11.3. The zero-order valence-corrected chi connectivity index (χ0v) is 19.0. The van der Waals surface area contributed by atoms with Crippen LogP contribution in [0.2, 0.25) is 0 Å². The molecule has 0 aliphatic carbocycles. The van der Waals surface area contributed by atoms with Crippen molar-refractivity contribution >= 4 is 17.6 Å². The van der Waals surface area contributed by atoms with Crippen LogP contribution in [0.3, 0.4) is 0 Å². The van der Waals surface area contributed by atoms with Crippen molar-refractivity contribution in [3.05, 3.63) is 83.2 Å². The maximum atomic E-state index is 13.0. The number of hydrogen-bond donors (Lipinski definition) is 2. The van der Waals surface area contributed by atoms with Crippen LogP contribution in [0.1, 0.15) is 46.4 Å². The van der Waals surface area contributed by atoms with Gasteiger partial charge in [-0.3, -0.25) is 19.5 Å². The van der Waals surface area contributed by atoms with E-state index in [-0.39, 0.29) is 5.91 Å². The van der Waals surface area contributed by atoms with Gasteiger partial charge in [0, 0.05) is 18.4 Å². The fourth-order valence-electron chi connectivity index (χ4n) is 4.53. The number of aryl methyl sites for hydroxylation is 1. The number of carbonyl (C=O) groups excluding carboxylic acids is 1. The molecule has 0 spiro atoms. The molecule has 1 aromatic heterocycles. The molecule has 170 valence electrons. The highest BCUT2D eigenvalue weighted by Gasteiger charge is 2.28. The van der Waals surface area contributed by atoms with Gasteiger partial charge in [0.05, 0.1) is 0 Å². The first kappa shape index (κ1) is 22.7. The van der Waals surface area contributed by atoms with Crippen LogP contribution in [0.25, 0.3) is 11.1 Å². The lowest BCUT2D eigenvalue weighted by molar-refractivity contribution is -0.144. The Morgan fingerprint density at radius 3 is 2.61 bits per heavy atom. The van der Waals surface area contributed by atoms with Gasteiger partial charge in [-0.05, 0) is 67.1 Å². The molecule has 4 rings (SSSR count). The first-order valence-corrected chi connectivity index (χ1v) is 11.3. The minimum atomic E-state index is -0.775. The van der Waals surface area contributed by atoms with Gasteiger partial charge in [0.1, 0.15) is 11.7 Å². The van der Waals surface area contributed by atoms with Crippen LogP contribution >= 0.6 is 0 Å². The highest BCUT2D eigenvalue weighted by molar-refractivity contribution is 6.04. The molecular formula is C27H29N3O3. The molecule has 6 nitrogen and oxygen atoms in total. The Morgan fingerprint density at radius 2 is 1.88 bits per heavy atom. The number of nitrogens with one attached hydrogen (secondary N) is 1. The summed E-state index contributed by atoms with van der Waals surface area (Å²) in [6.07, 6.45) is 4.29. The second kappa shape index (κ2) is 9.96. The number of rotatable bonds is 6. The average Bonchev–Trinajstić information content (AvgIpc) is 2.81. The van der Waals surface area contributed by atoms with Crippen LogP contribution < -0.4 is 5.32 Å². The average molecular weight is 444 g/mol. The second-order valence-electron chi connectivity index (χ2n) is 8.63. The highest BCUT2D eigenvalue weighted by Crippen LogP contribution is 2.29. The van der Waals surface area contributed by atoms with Gasteiger partial charge in [0.15, 0.2) is 0 Å². The van der Waals surface area contributed by atoms with E-state index in [0.29, 0.717) is 18.7 Å². The predicted octanol–water partition coefficient (Wildman–Crippen LogP) is 5.06. The molecule has 1 aliphatic heterocycles. The molecule has 1 saturated heterocycles. The fourth-order valence-corrected chi connectivity index (χ4v) is 4.53. The van der Waals surface area contributed by atoms with Crippen molar-refractivity contribution in [1.82, 2.24) is 9.88 Å². The summed E-state index contributed by atoms with van der Waals surface area (Å²) in [6.45, 7) is 5.14. The summed E-state index contributed by atoms with van der Waals surface area (Å²) in [5.41, 5.74) is 5.98. The minimum Gasteiger partial charge on any atom is -0.480 e. The van der Waals surface area contributed by atoms with Crippen molar-refractivity contribution in [1.29, 1.82) is 0 Å². The molecule has 2 aromatic carbocycles. The standard InChI is InChI=1S/C27H29N3O3/c1-18-15-20(17-30-14-7-6-13-24(30)27(32)33)16-28-25(18)26(31)29-23-12-8-11-22(19(23)2)21-9-4-3-5-10-21/h3-5,8-12,15-16,24H,6-7,13-14,17H2,1-2H3,(H,29,31)(H,32,33)/t24-/m0/s1. The lowest BCUT2D eigenvalue weighted by Crippen LogP contribution is -2.44. The van der Waals surface area contributed by atoms with E-state index < -0.39 is 12.0 Å². The lowest BCUT2D eigenvalue weighted by atomic mass is 9.99. The number of pyridine rings is 1. The summed E-state index contributed by atoms with van der Waals surface area (Å²) >= 11 is 0. The molecule has 2 N–H and O–H groups in total. The van der Waals surface area contributed by atoms with E-state index in [4.69, 9.17) is 0 Å². The van der Waals surface area contributed by atoms with Crippen LogP contribution in [-0.4, -0.2) is 39.5 Å². The monoisotopic (exact) mass is 443 g/mol. The quantitative estimate of drug-likeness (QED) is 0.557. The summed E-state index contributed by atoms with van der Waals surface area (Å²) in [5.74, 6) is -1.03. The summed E-state index contributed by atoms with van der Waals surface area (Å²) < 4.78 is 0. The Hall–Kier alpha value is -3.51. The molecule has 2 heterocycles. The molecule has 1 amide bonds. The van der Waals surface area contributed by atoms with Gasteiger partial charge in [0.25, 0.3) is 5.91 Å². The van der Waals surface area contributed by atoms with Crippen LogP contribution in [-0.2, 0) is 11.3 Å². The van der Waals surface area contributed by atoms with Crippen molar-refractivity contribution in [3.63, 3.8) is 0 Å². The normalized spacial score (nSPS) is 16.4. The maximum absolute atomic E-state index is 13.0. The van der Waals surface area contributed by atoms with E-state index in [9.17, 15) is 14.7 Å². The van der Waals surface area contributed by atoms with Gasteiger partial charge >= 0.3 is 5.97 Å². The van der Waals surface area contributed by atoms with Crippen LogP contribution in [0.4, 0.5) is 5.69 Å². The van der Waals surface area contributed by atoms with Crippen LogP contribution in [0.15, 0.2) is 60.8 Å². The van der Waals surface area contributed by atoms with Crippen molar-refractivity contribution in [2.75, 3.05) is 11.9 Å². The van der Waals surface area contributed by atoms with Gasteiger partial charge in [-0.15, -0.1) is 0 Å². The second-order valence-corrected chi connectivity index (χ2v) is 8.63. The number of benzene rings is 2. The number of likely N-dealkylation sites (tertiary alicyclic amines) is 1. The van der Waals surface area contributed by atoms with E-state index in [2.05, 4.69) is 22.4 Å². The number of anilines is 1. The minimum absolute atomic E-state index is 0.256. The topological polar surface area (TPSA) is 82.5 Å². The molecule has 1 atom stereocenters. The van der Waals surface area contributed by atoms with E-state index in [1.165, 1.54) is 0 Å². The van der Waals surface area contributed by atoms with Crippen molar-refractivity contribution in [3.8, 4) is 11.1 Å². The number of carboxylic acids is 1. The largest absolute Gasteiger partial charge is 0.480 e. The Balaban J connectivity index is 1.50. The first-order chi connectivity index (χ1) is 15.9. The smallest absolute Gasteiger partial charge is 0.320 e. The molecule has 1 fully saturated rings. The number of piperidine rings is 1. The molecule has 1 aliphatic rings. The van der Waals surface area contributed by atoms with Crippen molar-refractivity contribution in [2.45, 2.75) is 45.7 Å². The zero-order valence-electron chi connectivity index (χ0n) is 19.0. The third kappa shape index (κ3) is 5.12. The van der Waals surface area contributed by atoms with Crippen molar-refractivity contribution < 1.29 is 14.7 Å². The maximum Gasteiger partial charge on any atom is 0.320 e. The number of amides is 1. The summed E-state index contributed by atoms with van der Waals surface area (Å²) in [7, 11) is 0. The van der Waals surface area contributed by atoms with Crippen LogP contribution in [0.5, 0.6) is 0 Å². The molecule has 6 heteroatoms. The van der Waals surface area contributed by atoms with Crippen molar-refractivity contribution in [2.24, 2.45) is 0 Å². The Labute approximate surface area is 194 Å². The summed E-state index contributed by atoms with van der Waals surface area (Å²) in [4.78, 5) is 31.0. The molecule has 33 heavy (non-hydrogen) atoms. The van der Waals surface area contributed by atoms with E-state index in [1.54, 1.807) is 6.20 Å². The number of carbonyl (C=O) groups is 2. The van der Waals surface area contributed by atoms with E-state index in [0.717, 1.165) is 52.9 Å². The Bertz CT molecular complexity index is 1160. The molecule has 0 radical (unpaired) electrons. The third-order valence-corrected chi connectivity index (χ3v) is 6.30. The zero-order chi connectivity index (χ0) is 23.4. The predicted molar refractivity (Wildman–Crippen MR) is 129 cm³/mol. The summed E-state index contributed by atoms with van der Waals surface area (Å²) in [6, 6.07) is 17.4. The molecule has 0 saturated carbocycles. The molecular weight excluding hydrogens is 414 g/mol. The molecule has 0 unspecified atom stereocenters. The van der Waals surface area contributed by atoms with E-state index >= 15 is 0 Å². The number of carboxylic acid groups (broad SMARTS) is 1. The SMILES string of the molecule is Cc1cc(CN2CCCC[C@H]2C(=O)O)cnc1C(=O)Nc1cccc(-c2ccccc2)c1C. The molecule has 3 aromatic rings. The third-order valence-electron chi connectivity index (χ3n) is 6.30. The highest BCUT2D eigenvalue weighted by atomic mass is 16.4. The number of aliphatic carboxylic acids is 1. The molecule has 0 bridgehead atoms. The summed E-state index contributed by atoms with van der Waals surface area (Å²) in [5, 5.41) is 12.5. The Kier molecular flexibility index (Phi) is 6.84. The number of hydrogen-bond acceptors (Lipinski definition) is 4. The van der Waals surface area contributed by atoms with E-state index in [1.807, 2.05) is 61.2 Å². The lowest BCUT2D eigenvalue weighted by Gasteiger charge is -2.32. The number of nitrogens with zero attached hydrogens (tertiary/aromatic N) is 2. The van der Waals surface area contributed by atoms with Gasteiger partial charge in [-0.25, -0.2) is 0 Å². The Morgan fingerprint density at radius 1 is 1.09 bits per heavy atom. The number of aromatic nitrogens is 1. The van der Waals surface area contributed by atoms with Gasteiger partial charge in [-0.1, -0.05) is 55.0 Å². The fraction of sp³-hybridized carbons (Fsp3) is 0.296.